The van der Waals surface area contributed by atoms with Crippen LogP contribution in [0.5, 0.6) is 0 Å². The van der Waals surface area contributed by atoms with E-state index in [2.05, 4.69) is 15.6 Å². The smallest absolute Gasteiger partial charge is 0.220 e. The Labute approximate surface area is 87.7 Å². The number of amides is 1. The summed E-state index contributed by atoms with van der Waals surface area (Å²) in [6.07, 6.45) is 3.03. The number of aryl methyl sites for hydroxylation is 1. The molecule has 0 aliphatic rings. The van der Waals surface area contributed by atoms with Gasteiger partial charge in [-0.15, -0.1) is 11.3 Å². The van der Waals surface area contributed by atoms with Gasteiger partial charge in [-0.25, -0.2) is 4.98 Å². The summed E-state index contributed by atoms with van der Waals surface area (Å²) >= 11 is 1.59. The molecule has 14 heavy (non-hydrogen) atoms. The van der Waals surface area contributed by atoms with Crippen molar-refractivity contribution in [2.75, 3.05) is 20.1 Å². The summed E-state index contributed by atoms with van der Waals surface area (Å²) in [6, 6.07) is 0. The quantitative estimate of drug-likeness (QED) is 0.673. The minimum absolute atomic E-state index is 0.0930. The average Bonchev–Trinajstić information content (AvgIpc) is 2.68. The van der Waals surface area contributed by atoms with Crippen molar-refractivity contribution >= 4 is 17.2 Å². The van der Waals surface area contributed by atoms with Crippen molar-refractivity contribution < 1.29 is 4.79 Å². The van der Waals surface area contributed by atoms with Crippen LogP contribution < -0.4 is 10.6 Å². The average molecular weight is 213 g/mol. The van der Waals surface area contributed by atoms with Crippen LogP contribution in [0.15, 0.2) is 11.6 Å². The predicted molar refractivity (Wildman–Crippen MR) is 57.4 cm³/mol. The van der Waals surface area contributed by atoms with Gasteiger partial charge in [-0.2, -0.15) is 0 Å². The minimum Gasteiger partial charge on any atom is -0.355 e. The van der Waals surface area contributed by atoms with E-state index in [1.807, 2.05) is 12.4 Å². The zero-order chi connectivity index (χ0) is 10.2. The maximum absolute atomic E-state index is 11.3. The molecule has 0 aromatic carbocycles. The molecule has 0 aliphatic carbocycles. The van der Waals surface area contributed by atoms with Crippen LogP contribution in [0, 0.1) is 0 Å². The summed E-state index contributed by atoms with van der Waals surface area (Å²) in [5.41, 5.74) is 0. The van der Waals surface area contributed by atoms with E-state index in [4.69, 9.17) is 0 Å². The van der Waals surface area contributed by atoms with Gasteiger partial charge in [0.15, 0.2) is 0 Å². The number of hydrogen-bond acceptors (Lipinski definition) is 4. The third-order valence-corrected chi connectivity index (χ3v) is 2.59. The van der Waals surface area contributed by atoms with Crippen molar-refractivity contribution in [3.63, 3.8) is 0 Å². The Kier molecular flexibility index (Phi) is 5.17. The normalized spacial score (nSPS) is 10.1. The van der Waals surface area contributed by atoms with Gasteiger partial charge in [0.1, 0.15) is 0 Å². The number of carbonyl (C=O) groups excluding carboxylic acids is 1. The predicted octanol–water partition coefficient (Wildman–Crippen LogP) is 0.411. The molecule has 1 aromatic heterocycles. The van der Waals surface area contributed by atoms with E-state index in [1.165, 1.54) is 0 Å². The van der Waals surface area contributed by atoms with Crippen molar-refractivity contribution in [2.24, 2.45) is 0 Å². The lowest BCUT2D eigenvalue weighted by atomic mass is 10.3. The SMILES string of the molecule is CNCCNC(=O)CCc1nccs1. The lowest BCUT2D eigenvalue weighted by Crippen LogP contribution is -2.30. The van der Waals surface area contributed by atoms with Gasteiger partial charge < -0.3 is 10.6 Å². The molecule has 1 amide bonds. The number of thiazole rings is 1. The molecule has 0 spiro atoms. The van der Waals surface area contributed by atoms with Crippen molar-refractivity contribution in [1.82, 2.24) is 15.6 Å². The maximum atomic E-state index is 11.3. The standard InChI is InChI=1S/C9H15N3OS/c1-10-4-5-11-8(13)2-3-9-12-6-7-14-9/h6-7,10H,2-5H2,1H3,(H,11,13). The zero-order valence-corrected chi connectivity index (χ0v) is 9.06. The van der Waals surface area contributed by atoms with Crippen molar-refractivity contribution in [1.29, 1.82) is 0 Å². The number of rotatable bonds is 6. The second kappa shape index (κ2) is 6.50. The highest BCUT2D eigenvalue weighted by Crippen LogP contribution is 2.06. The third-order valence-electron chi connectivity index (χ3n) is 1.75. The highest BCUT2D eigenvalue weighted by Gasteiger charge is 2.02. The molecule has 0 bridgehead atoms. The van der Waals surface area contributed by atoms with Crippen LogP contribution in [0.2, 0.25) is 0 Å². The van der Waals surface area contributed by atoms with E-state index >= 15 is 0 Å². The monoisotopic (exact) mass is 213 g/mol. The second-order valence-corrected chi connectivity index (χ2v) is 3.86. The zero-order valence-electron chi connectivity index (χ0n) is 8.25. The molecule has 0 fully saturated rings. The van der Waals surface area contributed by atoms with Gasteiger partial charge >= 0.3 is 0 Å². The molecule has 1 aromatic rings. The summed E-state index contributed by atoms with van der Waals surface area (Å²) < 4.78 is 0. The molecule has 1 rings (SSSR count). The molecule has 0 atom stereocenters. The van der Waals surface area contributed by atoms with Crippen LogP contribution in [0.3, 0.4) is 0 Å². The van der Waals surface area contributed by atoms with Gasteiger partial charge in [0, 0.05) is 37.5 Å². The van der Waals surface area contributed by atoms with E-state index in [1.54, 1.807) is 17.5 Å². The van der Waals surface area contributed by atoms with Crippen molar-refractivity contribution in [3.05, 3.63) is 16.6 Å². The summed E-state index contributed by atoms with van der Waals surface area (Å²) in [7, 11) is 1.86. The van der Waals surface area contributed by atoms with Gasteiger partial charge in [0.25, 0.3) is 0 Å². The first-order valence-corrected chi connectivity index (χ1v) is 5.50. The lowest BCUT2D eigenvalue weighted by molar-refractivity contribution is -0.121. The fourth-order valence-electron chi connectivity index (χ4n) is 1.01. The van der Waals surface area contributed by atoms with Gasteiger partial charge in [-0.3, -0.25) is 4.79 Å². The summed E-state index contributed by atoms with van der Waals surface area (Å²) in [5.74, 6) is 0.0930. The number of carbonyl (C=O) groups is 1. The van der Waals surface area contributed by atoms with Crippen LogP contribution in [-0.4, -0.2) is 31.0 Å². The van der Waals surface area contributed by atoms with E-state index in [-0.39, 0.29) is 5.91 Å². The highest BCUT2D eigenvalue weighted by molar-refractivity contribution is 7.09. The molecular formula is C9H15N3OS. The topological polar surface area (TPSA) is 54.0 Å². The lowest BCUT2D eigenvalue weighted by Gasteiger charge is -2.02. The largest absolute Gasteiger partial charge is 0.355 e. The summed E-state index contributed by atoms with van der Waals surface area (Å²) in [4.78, 5) is 15.4. The molecule has 2 N–H and O–H groups in total. The van der Waals surface area contributed by atoms with Crippen LogP contribution in [0.25, 0.3) is 0 Å². The van der Waals surface area contributed by atoms with Crippen LogP contribution in [0.1, 0.15) is 11.4 Å². The number of nitrogens with one attached hydrogen (secondary N) is 2. The fourth-order valence-corrected chi connectivity index (χ4v) is 1.63. The molecule has 0 aliphatic heterocycles. The van der Waals surface area contributed by atoms with Gasteiger partial charge in [0.05, 0.1) is 5.01 Å². The number of hydrogen-bond donors (Lipinski definition) is 2. The molecular weight excluding hydrogens is 198 g/mol. The summed E-state index contributed by atoms with van der Waals surface area (Å²) in [6.45, 7) is 1.50. The Hall–Kier alpha value is -0.940. The molecule has 0 saturated carbocycles. The Morgan fingerprint density at radius 2 is 2.43 bits per heavy atom. The maximum Gasteiger partial charge on any atom is 0.220 e. The van der Waals surface area contributed by atoms with Crippen LogP contribution in [-0.2, 0) is 11.2 Å². The van der Waals surface area contributed by atoms with Gasteiger partial charge in [-0.1, -0.05) is 0 Å². The fraction of sp³-hybridized carbons (Fsp3) is 0.556. The molecule has 0 unspecified atom stereocenters. The Morgan fingerprint density at radius 1 is 1.57 bits per heavy atom. The number of nitrogens with zero attached hydrogens (tertiary/aromatic N) is 1. The molecule has 4 nitrogen and oxygen atoms in total. The van der Waals surface area contributed by atoms with E-state index in [9.17, 15) is 4.79 Å². The Bertz CT molecular complexity index is 261. The molecule has 1 heterocycles. The first-order chi connectivity index (χ1) is 6.83. The molecule has 0 saturated heterocycles. The highest BCUT2D eigenvalue weighted by atomic mass is 32.1. The summed E-state index contributed by atoms with van der Waals surface area (Å²) in [5, 5.41) is 8.74. The number of likely N-dealkylation sites (N-methyl/N-ethyl adjacent to an activating group) is 1. The third kappa shape index (κ3) is 4.34. The molecule has 5 heteroatoms. The second-order valence-electron chi connectivity index (χ2n) is 2.88. The van der Waals surface area contributed by atoms with Gasteiger partial charge in [-0.05, 0) is 7.05 Å². The van der Waals surface area contributed by atoms with Crippen molar-refractivity contribution in [3.8, 4) is 0 Å². The van der Waals surface area contributed by atoms with E-state index in [0.29, 0.717) is 13.0 Å². The van der Waals surface area contributed by atoms with Crippen LogP contribution in [0.4, 0.5) is 0 Å². The van der Waals surface area contributed by atoms with Crippen molar-refractivity contribution in [2.45, 2.75) is 12.8 Å². The Balaban J connectivity index is 2.09. The van der Waals surface area contributed by atoms with Crippen LogP contribution >= 0.6 is 11.3 Å². The van der Waals surface area contributed by atoms with Gasteiger partial charge in [0.2, 0.25) is 5.91 Å². The van der Waals surface area contributed by atoms with E-state index < -0.39 is 0 Å². The molecule has 78 valence electrons. The first kappa shape index (κ1) is 11.1. The van der Waals surface area contributed by atoms with E-state index in [0.717, 1.165) is 18.0 Å². The Morgan fingerprint density at radius 3 is 3.07 bits per heavy atom. The molecule has 0 radical (unpaired) electrons. The first-order valence-electron chi connectivity index (χ1n) is 4.62. The number of aromatic nitrogens is 1. The minimum atomic E-state index is 0.0930.